The van der Waals surface area contributed by atoms with Gasteiger partial charge in [-0.25, -0.2) is 9.97 Å². The first-order chi connectivity index (χ1) is 25.8. The monoisotopic (exact) mass is 664 g/mol. The summed E-state index contributed by atoms with van der Waals surface area (Å²) in [5.74, 6) is 2.79. The van der Waals surface area contributed by atoms with E-state index in [4.69, 9.17) is 14.7 Å². The van der Waals surface area contributed by atoms with E-state index in [9.17, 15) is 0 Å². The van der Waals surface area contributed by atoms with Crippen LogP contribution in [0, 0.1) is 5.92 Å². The second-order valence-electron chi connectivity index (χ2n) is 14.0. The molecule has 0 radical (unpaired) electrons. The molecule has 0 saturated carbocycles. The van der Waals surface area contributed by atoms with Crippen LogP contribution in [0.1, 0.15) is 28.2 Å². The largest absolute Gasteiger partial charge is 0.456 e. The highest BCUT2D eigenvalue weighted by Crippen LogP contribution is 2.65. The van der Waals surface area contributed by atoms with E-state index < -0.39 is 5.41 Å². The predicted octanol–water partition coefficient (Wildman–Crippen LogP) is 12.1. The molecule has 244 valence electrons. The van der Waals surface area contributed by atoms with Crippen LogP contribution in [0.5, 0.6) is 11.5 Å². The number of para-hydroxylation sites is 2. The topological polar surface area (TPSA) is 35.0 Å². The number of fused-ring (bicyclic) bond motifs is 12. The number of nitrogens with zero attached hydrogens (tertiary/aromatic N) is 2. The summed E-state index contributed by atoms with van der Waals surface area (Å²) in [6, 6.07) is 56.2. The molecule has 1 aromatic heterocycles. The first-order valence-corrected chi connectivity index (χ1v) is 18.0. The molecule has 0 amide bonds. The number of ether oxygens (including phenoxy) is 1. The van der Waals surface area contributed by atoms with Gasteiger partial charge in [0, 0.05) is 34.1 Å². The van der Waals surface area contributed by atoms with Crippen molar-refractivity contribution in [3.05, 3.63) is 204 Å². The summed E-state index contributed by atoms with van der Waals surface area (Å²) in [5, 5.41) is 4.90. The van der Waals surface area contributed by atoms with E-state index in [0.29, 0.717) is 5.82 Å². The Bertz CT molecular complexity index is 2800. The van der Waals surface area contributed by atoms with Crippen molar-refractivity contribution in [2.24, 2.45) is 5.92 Å². The van der Waals surface area contributed by atoms with Crippen molar-refractivity contribution in [1.29, 1.82) is 0 Å². The zero-order valence-electron chi connectivity index (χ0n) is 28.3. The molecule has 3 atom stereocenters. The quantitative estimate of drug-likeness (QED) is 0.176. The Morgan fingerprint density at radius 3 is 2.13 bits per heavy atom. The van der Waals surface area contributed by atoms with Crippen LogP contribution < -0.4 is 4.74 Å². The molecule has 7 aromatic carbocycles. The molecule has 0 saturated heterocycles. The zero-order chi connectivity index (χ0) is 34.2. The lowest BCUT2D eigenvalue weighted by atomic mass is 9.61. The minimum absolute atomic E-state index is 0.190. The molecule has 11 rings (SSSR count). The lowest BCUT2D eigenvalue weighted by Gasteiger charge is -2.43. The van der Waals surface area contributed by atoms with Gasteiger partial charge in [-0.05, 0) is 56.9 Å². The molecular formula is C49H32N2O. The Balaban J connectivity index is 1.16. The van der Waals surface area contributed by atoms with Crippen LogP contribution in [0.2, 0.25) is 0 Å². The maximum Gasteiger partial charge on any atom is 0.164 e. The fraction of sp³-hybridized carbons (Fsp3) is 0.0612. The molecule has 1 aliphatic heterocycles. The average Bonchev–Trinajstić information content (AvgIpc) is 3.51. The van der Waals surface area contributed by atoms with E-state index in [-0.39, 0.29) is 11.8 Å². The number of hydrogen-bond donors (Lipinski definition) is 0. The van der Waals surface area contributed by atoms with Crippen LogP contribution >= 0.6 is 0 Å². The van der Waals surface area contributed by atoms with Crippen molar-refractivity contribution in [1.82, 2.24) is 9.97 Å². The summed E-state index contributed by atoms with van der Waals surface area (Å²) < 4.78 is 7.01. The molecule has 3 heteroatoms. The number of hydrogen-bond acceptors (Lipinski definition) is 3. The van der Waals surface area contributed by atoms with Crippen LogP contribution in [0.15, 0.2) is 182 Å². The number of benzene rings is 7. The minimum Gasteiger partial charge on any atom is -0.456 e. The highest BCUT2D eigenvalue weighted by Gasteiger charge is 2.56. The summed E-state index contributed by atoms with van der Waals surface area (Å²) >= 11 is 0. The first-order valence-electron chi connectivity index (χ1n) is 18.0. The summed E-state index contributed by atoms with van der Waals surface area (Å²) in [6.45, 7) is 0. The van der Waals surface area contributed by atoms with Gasteiger partial charge in [-0.1, -0.05) is 158 Å². The Morgan fingerprint density at radius 1 is 0.500 bits per heavy atom. The second kappa shape index (κ2) is 11.2. The normalized spacial score (nSPS) is 19.2. The summed E-state index contributed by atoms with van der Waals surface area (Å²) in [7, 11) is 0. The van der Waals surface area contributed by atoms with Crippen LogP contribution in [0.4, 0.5) is 0 Å². The molecular weight excluding hydrogens is 633 g/mol. The minimum atomic E-state index is -0.441. The number of allylic oxidation sites excluding steroid dienone is 4. The highest BCUT2D eigenvalue weighted by molar-refractivity contribution is 6.08. The van der Waals surface area contributed by atoms with Crippen molar-refractivity contribution in [2.75, 3.05) is 0 Å². The summed E-state index contributed by atoms with van der Waals surface area (Å²) in [4.78, 5) is 10.6. The van der Waals surface area contributed by atoms with Crippen molar-refractivity contribution in [3.63, 3.8) is 0 Å². The van der Waals surface area contributed by atoms with Crippen molar-refractivity contribution in [2.45, 2.75) is 11.3 Å². The Kier molecular flexibility index (Phi) is 6.29. The average molecular weight is 665 g/mol. The molecule has 3 nitrogen and oxygen atoms in total. The smallest absolute Gasteiger partial charge is 0.164 e. The fourth-order valence-electron chi connectivity index (χ4n) is 9.21. The van der Waals surface area contributed by atoms with Gasteiger partial charge in [-0.2, -0.15) is 0 Å². The molecule has 0 N–H and O–H groups in total. The molecule has 2 heterocycles. The molecule has 0 fully saturated rings. The van der Waals surface area contributed by atoms with Crippen molar-refractivity contribution in [3.8, 4) is 45.4 Å². The molecule has 52 heavy (non-hydrogen) atoms. The maximum absolute atomic E-state index is 7.01. The second-order valence-corrected chi connectivity index (χ2v) is 14.0. The third kappa shape index (κ3) is 4.14. The van der Waals surface area contributed by atoms with Crippen LogP contribution in [-0.2, 0) is 5.41 Å². The highest BCUT2D eigenvalue weighted by atomic mass is 16.5. The molecule has 2 aliphatic carbocycles. The Hall–Kier alpha value is -6.58. The third-order valence-electron chi connectivity index (χ3n) is 11.4. The molecule has 0 bridgehead atoms. The van der Waals surface area contributed by atoms with Gasteiger partial charge in [-0.15, -0.1) is 0 Å². The lowest BCUT2D eigenvalue weighted by Crippen LogP contribution is -2.37. The number of aromatic nitrogens is 2. The molecule has 3 aliphatic rings. The van der Waals surface area contributed by atoms with Gasteiger partial charge >= 0.3 is 0 Å². The maximum atomic E-state index is 7.01. The van der Waals surface area contributed by atoms with Crippen molar-refractivity contribution < 1.29 is 4.74 Å². The molecule has 1 spiro atoms. The van der Waals surface area contributed by atoms with Gasteiger partial charge in [0.05, 0.1) is 22.4 Å². The lowest BCUT2D eigenvalue weighted by molar-refractivity contribution is 0.375. The fourth-order valence-corrected chi connectivity index (χ4v) is 9.21. The van der Waals surface area contributed by atoms with Gasteiger partial charge in [0.25, 0.3) is 0 Å². The van der Waals surface area contributed by atoms with Crippen LogP contribution in [0.3, 0.4) is 0 Å². The van der Waals surface area contributed by atoms with E-state index in [1.807, 2.05) is 6.07 Å². The predicted molar refractivity (Wildman–Crippen MR) is 211 cm³/mol. The van der Waals surface area contributed by atoms with E-state index in [1.54, 1.807) is 0 Å². The molecule has 8 aromatic rings. The van der Waals surface area contributed by atoms with E-state index in [0.717, 1.165) is 45.1 Å². The zero-order valence-corrected chi connectivity index (χ0v) is 28.3. The third-order valence-corrected chi connectivity index (χ3v) is 11.4. The standard InChI is InChI=1S/C49H32N2O/c1-2-14-32(15-3-1)44-30-45(34-27-28-36-33(29-34)26-25-31-13-4-5-16-35(31)36)51-48(50-44)39-19-12-23-43-47(39)52-46-24-11-10-22-42(46)49(43)40-20-8-6-17-37(40)38-18-7-9-21-41(38)49/h1-30,37,40H. The van der Waals surface area contributed by atoms with Gasteiger partial charge in [0.15, 0.2) is 5.82 Å². The van der Waals surface area contributed by atoms with E-state index in [2.05, 4.69) is 176 Å². The first kappa shape index (κ1) is 29.2. The van der Waals surface area contributed by atoms with Crippen LogP contribution in [-0.4, -0.2) is 9.97 Å². The Morgan fingerprint density at radius 2 is 1.21 bits per heavy atom. The summed E-state index contributed by atoms with van der Waals surface area (Å²) in [5.41, 5.74) is 9.31. The number of rotatable bonds is 3. The van der Waals surface area contributed by atoms with E-state index >= 15 is 0 Å². The SMILES string of the molecule is C1=CC2c3ccccc3C3(c4ccccc4Oc4c(-c5nc(-c6ccccc6)cc(-c6ccc7c(ccc8ccccc87)c6)n5)cccc43)C2C=C1. The Labute approximate surface area is 302 Å². The molecule has 3 unspecified atom stereocenters. The van der Waals surface area contributed by atoms with Gasteiger partial charge in [-0.3, -0.25) is 0 Å². The van der Waals surface area contributed by atoms with Gasteiger partial charge in [0.2, 0.25) is 0 Å². The van der Waals surface area contributed by atoms with E-state index in [1.165, 1.54) is 38.2 Å². The summed E-state index contributed by atoms with van der Waals surface area (Å²) in [6.07, 6.45) is 9.17. The van der Waals surface area contributed by atoms with Crippen LogP contribution in [0.25, 0.3) is 55.4 Å². The van der Waals surface area contributed by atoms with Gasteiger partial charge < -0.3 is 4.74 Å². The van der Waals surface area contributed by atoms with Gasteiger partial charge in [0.1, 0.15) is 11.5 Å². The van der Waals surface area contributed by atoms with Crippen molar-refractivity contribution >= 4 is 21.5 Å².